The van der Waals surface area contributed by atoms with E-state index >= 15 is 0 Å². The molecular formula is C16H17F2N3O2. The fraction of sp³-hybridized carbons (Fsp3) is 0.375. The van der Waals surface area contributed by atoms with Gasteiger partial charge in [-0.25, -0.2) is 18.6 Å². The van der Waals surface area contributed by atoms with Gasteiger partial charge in [0.05, 0.1) is 5.69 Å². The van der Waals surface area contributed by atoms with Crippen LogP contribution in [0.5, 0.6) is 0 Å². The van der Waals surface area contributed by atoms with E-state index in [0.29, 0.717) is 24.5 Å². The van der Waals surface area contributed by atoms with Gasteiger partial charge in [-0.15, -0.1) is 0 Å². The summed E-state index contributed by atoms with van der Waals surface area (Å²) in [5.41, 5.74) is 0.835. The third-order valence-electron chi connectivity index (χ3n) is 4.06. The molecule has 1 aromatic carbocycles. The lowest BCUT2D eigenvalue weighted by atomic mass is 10.1. The maximum absolute atomic E-state index is 13.3. The number of halogens is 2. The number of benzene rings is 1. The smallest absolute Gasteiger partial charge is 0.329 e. The predicted molar refractivity (Wildman–Crippen MR) is 80.0 cm³/mol. The third kappa shape index (κ3) is 3.24. The largest absolute Gasteiger partial charge is 0.381 e. The Morgan fingerprint density at radius 3 is 2.74 bits per heavy atom. The molecule has 2 aromatic rings. The number of ether oxygens (including phenoxy) is 1. The number of amides is 1. The van der Waals surface area contributed by atoms with Crippen LogP contribution in [0, 0.1) is 11.6 Å². The van der Waals surface area contributed by atoms with Crippen LogP contribution in [0.1, 0.15) is 12.8 Å². The molecule has 1 amide bonds. The van der Waals surface area contributed by atoms with E-state index in [1.165, 1.54) is 23.2 Å². The summed E-state index contributed by atoms with van der Waals surface area (Å²) in [6.45, 7) is 1.29. The molecule has 122 valence electrons. The van der Waals surface area contributed by atoms with Gasteiger partial charge < -0.3 is 9.64 Å². The highest BCUT2D eigenvalue weighted by Gasteiger charge is 2.23. The van der Waals surface area contributed by atoms with Gasteiger partial charge in [-0.2, -0.15) is 0 Å². The highest BCUT2D eigenvalue weighted by atomic mass is 19.2. The van der Waals surface area contributed by atoms with Crippen molar-refractivity contribution in [3.63, 3.8) is 0 Å². The van der Waals surface area contributed by atoms with E-state index in [0.717, 1.165) is 25.0 Å². The molecule has 0 bridgehead atoms. The Labute approximate surface area is 132 Å². The first kappa shape index (κ1) is 15.6. The van der Waals surface area contributed by atoms with Crippen molar-refractivity contribution in [2.24, 2.45) is 0 Å². The zero-order valence-electron chi connectivity index (χ0n) is 12.7. The molecule has 7 heteroatoms. The van der Waals surface area contributed by atoms with Crippen molar-refractivity contribution < 1.29 is 18.3 Å². The van der Waals surface area contributed by atoms with Crippen LogP contribution >= 0.6 is 0 Å². The van der Waals surface area contributed by atoms with E-state index in [9.17, 15) is 13.6 Å². The summed E-state index contributed by atoms with van der Waals surface area (Å²) in [5, 5.41) is 0. The first-order valence-electron chi connectivity index (χ1n) is 7.40. The Morgan fingerprint density at radius 1 is 1.30 bits per heavy atom. The topological polar surface area (TPSA) is 47.4 Å². The quantitative estimate of drug-likeness (QED) is 0.854. The van der Waals surface area contributed by atoms with E-state index in [1.54, 1.807) is 11.9 Å². The predicted octanol–water partition coefficient (Wildman–Crippen LogP) is 2.91. The van der Waals surface area contributed by atoms with Crippen molar-refractivity contribution in [2.75, 3.05) is 20.3 Å². The van der Waals surface area contributed by atoms with Crippen molar-refractivity contribution in [1.29, 1.82) is 0 Å². The number of hydrogen-bond donors (Lipinski definition) is 0. The molecule has 0 saturated carbocycles. The van der Waals surface area contributed by atoms with Crippen LogP contribution in [-0.4, -0.2) is 46.8 Å². The van der Waals surface area contributed by atoms with Gasteiger partial charge in [0.1, 0.15) is 6.33 Å². The van der Waals surface area contributed by atoms with Crippen LogP contribution in [0.25, 0.3) is 11.3 Å². The summed E-state index contributed by atoms with van der Waals surface area (Å²) in [6.07, 6.45) is 4.50. The summed E-state index contributed by atoms with van der Waals surface area (Å²) in [7, 11) is 1.75. The summed E-state index contributed by atoms with van der Waals surface area (Å²) in [5.74, 6) is -1.86. The number of nitrogens with zero attached hydrogens (tertiary/aromatic N) is 3. The monoisotopic (exact) mass is 321 g/mol. The molecule has 1 fully saturated rings. The molecule has 1 aliphatic heterocycles. The molecule has 23 heavy (non-hydrogen) atoms. The highest BCUT2D eigenvalue weighted by molar-refractivity contribution is 5.78. The fourth-order valence-corrected chi connectivity index (χ4v) is 2.64. The lowest BCUT2D eigenvalue weighted by Crippen LogP contribution is -2.42. The summed E-state index contributed by atoms with van der Waals surface area (Å²) >= 11 is 0. The first-order valence-corrected chi connectivity index (χ1v) is 7.40. The van der Waals surface area contributed by atoms with Gasteiger partial charge in [-0.3, -0.25) is 4.57 Å². The van der Waals surface area contributed by atoms with Crippen LogP contribution in [0.3, 0.4) is 0 Å². The summed E-state index contributed by atoms with van der Waals surface area (Å²) < 4.78 is 32.9. The number of aromatic nitrogens is 2. The van der Waals surface area contributed by atoms with E-state index in [4.69, 9.17) is 4.74 Å². The van der Waals surface area contributed by atoms with E-state index in [1.807, 2.05) is 0 Å². The fourth-order valence-electron chi connectivity index (χ4n) is 2.64. The van der Waals surface area contributed by atoms with Crippen LogP contribution in [0.15, 0.2) is 30.7 Å². The van der Waals surface area contributed by atoms with Crippen molar-refractivity contribution in [3.8, 4) is 11.3 Å². The van der Waals surface area contributed by atoms with Crippen LogP contribution in [0.2, 0.25) is 0 Å². The van der Waals surface area contributed by atoms with Crippen molar-refractivity contribution in [2.45, 2.75) is 18.9 Å². The highest BCUT2D eigenvalue weighted by Crippen LogP contribution is 2.20. The van der Waals surface area contributed by atoms with Crippen molar-refractivity contribution in [1.82, 2.24) is 14.5 Å². The average Bonchev–Trinajstić information content (AvgIpc) is 3.07. The Kier molecular flexibility index (Phi) is 4.38. The molecule has 0 unspecified atom stereocenters. The maximum Gasteiger partial charge on any atom is 0.329 e. The van der Waals surface area contributed by atoms with E-state index in [-0.39, 0.29) is 12.1 Å². The van der Waals surface area contributed by atoms with Gasteiger partial charge in [0, 0.05) is 38.1 Å². The lowest BCUT2D eigenvalue weighted by molar-refractivity contribution is 0.0528. The van der Waals surface area contributed by atoms with Crippen LogP contribution < -0.4 is 0 Å². The molecular weight excluding hydrogens is 304 g/mol. The second kappa shape index (κ2) is 6.45. The van der Waals surface area contributed by atoms with Gasteiger partial charge in [-0.1, -0.05) is 0 Å². The third-order valence-corrected chi connectivity index (χ3v) is 4.06. The minimum Gasteiger partial charge on any atom is -0.381 e. The zero-order valence-corrected chi connectivity index (χ0v) is 12.7. The lowest BCUT2D eigenvalue weighted by Gasteiger charge is -2.30. The standard InChI is InChI=1S/C16H17F2N3O2/c1-20(12-4-6-23-7-5-12)16(22)21-9-15(19-10-21)11-2-3-13(17)14(18)8-11/h2-3,8-10,12H,4-7H2,1H3. The van der Waals surface area contributed by atoms with E-state index in [2.05, 4.69) is 4.98 Å². The Bertz CT molecular complexity index is 711. The van der Waals surface area contributed by atoms with Gasteiger partial charge in [0.15, 0.2) is 11.6 Å². The molecule has 2 heterocycles. The second-order valence-electron chi connectivity index (χ2n) is 5.53. The molecule has 0 radical (unpaired) electrons. The van der Waals surface area contributed by atoms with Crippen LogP contribution in [-0.2, 0) is 4.74 Å². The molecule has 3 rings (SSSR count). The zero-order chi connectivity index (χ0) is 16.4. The minimum absolute atomic E-state index is 0.130. The molecule has 1 aromatic heterocycles. The van der Waals surface area contributed by atoms with Crippen LogP contribution in [0.4, 0.5) is 13.6 Å². The average molecular weight is 321 g/mol. The Hall–Kier alpha value is -2.28. The number of carbonyl (C=O) groups excluding carboxylic acids is 1. The summed E-state index contributed by atoms with van der Waals surface area (Å²) in [4.78, 5) is 18.3. The first-order chi connectivity index (χ1) is 11.1. The van der Waals surface area contributed by atoms with Gasteiger partial charge in [0.2, 0.25) is 0 Å². The molecule has 5 nitrogen and oxygen atoms in total. The Morgan fingerprint density at radius 2 is 2.04 bits per heavy atom. The van der Waals surface area contributed by atoms with Gasteiger partial charge in [0.25, 0.3) is 0 Å². The minimum atomic E-state index is -0.942. The number of hydrogen-bond acceptors (Lipinski definition) is 3. The van der Waals surface area contributed by atoms with E-state index < -0.39 is 11.6 Å². The van der Waals surface area contributed by atoms with Gasteiger partial charge in [-0.05, 0) is 31.0 Å². The molecule has 1 saturated heterocycles. The molecule has 1 aliphatic rings. The molecule has 0 aliphatic carbocycles. The maximum atomic E-state index is 13.3. The number of rotatable bonds is 2. The Balaban J connectivity index is 1.77. The molecule has 0 N–H and O–H groups in total. The molecule has 0 spiro atoms. The number of carbonyl (C=O) groups is 1. The molecule has 0 atom stereocenters. The summed E-state index contributed by atoms with van der Waals surface area (Å²) in [6, 6.07) is 3.45. The SMILES string of the molecule is CN(C(=O)n1cnc(-c2ccc(F)c(F)c2)c1)C1CCOCC1. The number of imidazole rings is 1. The van der Waals surface area contributed by atoms with Crippen molar-refractivity contribution in [3.05, 3.63) is 42.4 Å². The normalized spacial score (nSPS) is 15.6. The second-order valence-corrected chi connectivity index (χ2v) is 5.53. The van der Waals surface area contributed by atoms with Crippen molar-refractivity contribution >= 4 is 6.03 Å². The van der Waals surface area contributed by atoms with Gasteiger partial charge >= 0.3 is 6.03 Å².